The fraction of sp³-hybridized carbons (Fsp3) is 0.778. The number of nitrogens with zero attached hydrogens (tertiary/aromatic N) is 3. The van der Waals surface area contributed by atoms with Crippen LogP contribution in [0.3, 0.4) is 0 Å². The van der Waals surface area contributed by atoms with E-state index in [1.807, 2.05) is 6.92 Å². The Kier molecular flexibility index (Phi) is 2.31. The number of aryl methyl sites for hydroxylation is 1. The van der Waals surface area contributed by atoms with E-state index in [2.05, 4.69) is 14.8 Å². The summed E-state index contributed by atoms with van der Waals surface area (Å²) in [5.41, 5.74) is 5.54. The molecule has 1 aliphatic rings. The molecule has 0 spiro atoms. The van der Waals surface area contributed by atoms with Crippen LogP contribution in [0.1, 0.15) is 24.5 Å². The van der Waals surface area contributed by atoms with E-state index in [4.69, 9.17) is 5.73 Å². The average molecular weight is 180 g/mol. The van der Waals surface area contributed by atoms with E-state index in [0.717, 1.165) is 43.5 Å². The second kappa shape index (κ2) is 3.46. The van der Waals surface area contributed by atoms with E-state index in [1.165, 1.54) is 6.42 Å². The van der Waals surface area contributed by atoms with Crippen molar-refractivity contribution in [1.29, 1.82) is 0 Å². The summed E-state index contributed by atoms with van der Waals surface area (Å²) in [5.74, 6) is 2.91. The van der Waals surface area contributed by atoms with Crippen molar-refractivity contribution in [3.63, 3.8) is 0 Å². The van der Waals surface area contributed by atoms with E-state index in [1.54, 1.807) is 0 Å². The van der Waals surface area contributed by atoms with Crippen molar-refractivity contribution >= 4 is 0 Å². The van der Waals surface area contributed by atoms with Crippen molar-refractivity contribution in [3.05, 3.63) is 11.6 Å². The molecule has 0 saturated carbocycles. The van der Waals surface area contributed by atoms with Gasteiger partial charge in [-0.3, -0.25) is 0 Å². The van der Waals surface area contributed by atoms with Gasteiger partial charge in [0.2, 0.25) is 0 Å². The minimum Gasteiger partial charge on any atom is -0.330 e. The standard InChI is InChI=1S/C9H16N4/c1-7-11-12-9-6-8(2-4-10)3-5-13(7)9/h8H,2-6,10H2,1H3. The van der Waals surface area contributed by atoms with Gasteiger partial charge in [0, 0.05) is 13.0 Å². The Labute approximate surface area is 78.1 Å². The number of hydrogen-bond acceptors (Lipinski definition) is 3. The number of nitrogens with two attached hydrogens (primary N) is 1. The summed E-state index contributed by atoms with van der Waals surface area (Å²) < 4.78 is 2.22. The lowest BCUT2D eigenvalue weighted by Crippen LogP contribution is -2.22. The predicted octanol–water partition coefficient (Wildman–Crippen LogP) is 0.498. The van der Waals surface area contributed by atoms with Crippen molar-refractivity contribution in [2.75, 3.05) is 6.54 Å². The average Bonchev–Trinajstić information content (AvgIpc) is 2.48. The summed E-state index contributed by atoms with van der Waals surface area (Å²) in [6.07, 6.45) is 3.40. The fourth-order valence-electron chi connectivity index (χ4n) is 2.02. The minimum absolute atomic E-state index is 0.723. The molecule has 4 heteroatoms. The van der Waals surface area contributed by atoms with Gasteiger partial charge in [-0.15, -0.1) is 10.2 Å². The molecule has 1 aromatic heterocycles. The van der Waals surface area contributed by atoms with Crippen molar-refractivity contribution in [2.45, 2.75) is 32.7 Å². The lowest BCUT2D eigenvalue weighted by Gasteiger charge is -2.22. The van der Waals surface area contributed by atoms with Crippen LogP contribution in [0.4, 0.5) is 0 Å². The third-order valence-corrected chi connectivity index (χ3v) is 2.82. The molecule has 0 amide bonds. The van der Waals surface area contributed by atoms with Gasteiger partial charge in [0.25, 0.3) is 0 Å². The highest BCUT2D eigenvalue weighted by Crippen LogP contribution is 2.21. The van der Waals surface area contributed by atoms with E-state index in [0.29, 0.717) is 0 Å². The summed E-state index contributed by atoms with van der Waals surface area (Å²) in [6, 6.07) is 0. The molecule has 1 aliphatic heterocycles. The summed E-state index contributed by atoms with van der Waals surface area (Å²) in [5, 5.41) is 8.24. The van der Waals surface area contributed by atoms with Gasteiger partial charge in [0.05, 0.1) is 0 Å². The molecule has 2 N–H and O–H groups in total. The Balaban J connectivity index is 2.11. The first-order valence-electron chi connectivity index (χ1n) is 4.90. The maximum atomic E-state index is 5.54. The molecule has 2 heterocycles. The largest absolute Gasteiger partial charge is 0.330 e. The second-order valence-electron chi connectivity index (χ2n) is 3.75. The molecule has 0 aromatic carbocycles. The number of rotatable bonds is 2. The molecule has 4 nitrogen and oxygen atoms in total. The highest BCUT2D eigenvalue weighted by Gasteiger charge is 2.20. The van der Waals surface area contributed by atoms with Gasteiger partial charge in [-0.2, -0.15) is 0 Å². The Bertz CT molecular complexity index is 292. The Morgan fingerprint density at radius 2 is 2.38 bits per heavy atom. The molecule has 1 unspecified atom stereocenters. The van der Waals surface area contributed by atoms with E-state index >= 15 is 0 Å². The van der Waals surface area contributed by atoms with Gasteiger partial charge >= 0.3 is 0 Å². The molecular weight excluding hydrogens is 164 g/mol. The first-order valence-corrected chi connectivity index (χ1v) is 4.90. The zero-order chi connectivity index (χ0) is 9.26. The van der Waals surface area contributed by atoms with Gasteiger partial charge in [-0.05, 0) is 32.2 Å². The van der Waals surface area contributed by atoms with Gasteiger partial charge in [-0.25, -0.2) is 0 Å². The topological polar surface area (TPSA) is 56.7 Å². The van der Waals surface area contributed by atoms with Crippen LogP contribution >= 0.6 is 0 Å². The first kappa shape index (κ1) is 8.69. The van der Waals surface area contributed by atoms with Crippen molar-refractivity contribution in [3.8, 4) is 0 Å². The van der Waals surface area contributed by atoms with Gasteiger partial charge in [0.15, 0.2) is 0 Å². The van der Waals surface area contributed by atoms with Gasteiger partial charge in [-0.1, -0.05) is 0 Å². The SMILES string of the molecule is Cc1nnc2n1CCC(CCN)C2. The first-order chi connectivity index (χ1) is 6.31. The van der Waals surface area contributed by atoms with Crippen molar-refractivity contribution < 1.29 is 0 Å². The van der Waals surface area contributed by atoms with Crippen LogP contribution in [0.25, 0.3) is 0 Å². The Morgan fingerprint density at radius 1 is 1.54 bits per heavy atom. The maximum absolute atomic E-state index is 5.54. The number of fused-ring (bicyclic) bond motifs is 1. The van der Waals surface area contributed by atoms with Gasteiger partial charge in [0.1, 0.15) is 11.6 Å². The molecule has 0 bridgehead atoms. The fourth-order valence-corrected chi connectivity index (χ4v) is 2.02. The van der Waals surface area contributed by atoms with Crippen LogP contribution in [-0.4, -0.2) is 21.3 Å². The maximum Gasteiger partial charge on any atom is 0.133 e. The van der Waals surface area contributed by atoms with E-state index in [9.17, 15) is 0 Å². The molecule has 0 fully saturated rings. The molecule has 0 saturated heterocycles. The van der Waals surface area contributed by atoms with Crippen LogP contribution in [-0.2, 0) is 13.0 Å². The van der Waals surface area contributed by atoms with E-state index in [-0.39, 0.29) is 0 Å². The highest BCUT2D eigenvalue weighted by atomic mass is 15.3. The van der Waals surface area contributed by atoms with Crippen molar-refractivity contribution in [1.82, 2.24) is 14.8 Å². The number of hydrogen-bond donors (Lipinski definition) is 1. The molecule has 1 atom stereocenters. The quantitative estimate of drug-likeness (QED) is 0.721. The van der Waals surface area contributed by atoms with Gasteiger partial charge < -0.3 is 10.3 Å². The summed E-state index contributed by atoms with van der Waals surface area (Å²) in [4.78, 5) is 0. The zero-order valence-corrected chi connectivity index (χ0v) is 8.03. The van der Waals surface area contributed by atoms with Crippen LogP contribution in [0.2, 0.25) is 0 Å². The van der Waals surface area contributed by atoms with Crippen LogP contribution in [0, 0.1) is 12.8 Å². The lowest BCUT2D eigenvalue weighted by molar-refractivity contribution is 0.362. The highest BCUT2D eigenvalue weighted by molar-refractivity contribution is 4.98. The molecule has 2 rings (SSSR count). The third-order valence-electron chi connectivity index (χ3n) is 2.82. The second-order valence-corrected chi connectivity index (χ2v) is 3.75. The predicted molar refractivity (Wildman–Crippen MR) is 50.2 cm³/mol. The van der Waals surface area contributed by atoms with Crippen LogP contribution in [0.15, 0.2) is 0 Å². The lowest BCUT2D eigenvalue weighted by atomic mass is 9.94. The minimum atomic E-state index is 0.723. The molecule has 1 aromatic rings. The molecule has 0 radical (unpaired) electrons. The third kappa shape index (κ3) is 1.58. The molecule has 0 aliphatic carbocycles. The normalized spacial score (nSPS) is 21.5. The monoisotopic (exact) mass is 180 g/mol. The van der Waals surface area contributed by atoms with Crippen molar-refractivity contribution in [2.24, 2.45) is 11.7 Å². The number of aromatic nitrogens is 3. The Morgan fingerprint density at radius 3 is 3.15 bits per heavy atom. The molecular formula is C9H16N4. The van der Waals surface area contributed by atoms with Crippen LogP contribution < -0.4 is 5.73 Å². The van der Waals surface area contributed by atoms with Crippen LogP contribution in [0.5, 0.6) is 0 Å². The van der Waals surface area contributed by atoms with E-state index < -0.39 is 0 Å². The summed E-state index contributed by atoms with van der Waals surface area (Å²) in [6.45, 7) is 3.87. The summed E-state index contributed by atoms with van der Waals surface area (Å²) in [7, 11) is 0. The zero-order valence-electron chi connectivity index (χ0n) is 8.03. The molecule has 13 heavy (non-hydrogen) atoms. The smallest absolute Gasteiger partial charge is 0.133 e. The molecule has 72 valence electrons. The summed E-state index contributed by atoms with van der Waals surface area (Å²) >= 11 is 0. The Hall–Kier alpha value is -0.900.